The van der Waals surface area contributed by atoms with Crippen LogP contribution in [0.2, 0.25) is 0 Å². The van der Waals surface area contributed by atoms with Gasteiger partial charge in [-0.1, -0.05) is 0 Å². The fourth-order valence-electron chi connectivity index (χ4n) is 0. The van der Waals surface area contributed by atoms with Crippen molar-refractivity contribution in [2.24, 2.45) is 0 Å². The van der Waals surface area contributed by atoms with Gasteiger partial charge in [0.1, 0.15) is 0 Å². The van der Waals surface area contributed by atoms with Gasteiger partial charge in [-0.05, 0) is 0 Å². The van der Waals surface area contributed by atoms with Gasteiger partial charge in [-0.3, -0.25) is 0 Å². The van der Waals surface area contributed by atoms with Crippen LogP contribution >= 0.6 is 8.51 Å². The Hall–Kier alpha value is 0.215. The van der Waals surface area contributed by atoms with Crippen LogP contribution in [0.25, 0.3) is 0 Å². The van der Waals surface area contributed by atoms with E-state index in [1.807, 2.05) is 0 Å². The van der Waals surface area contributed by atoms with Gasteiger partial charge in [0.05, 0.1) is 16.8 Å². The summed E-state index contributed by atoms with van der Waals surface area (Å²) < 4.78 is 39.2. The maximum Gasteiger partial charge on any atom is 0.755 e. The van der Waals surface area contributed by atoms with Gasteiger partial charge in [0.2, 0.25) is 0 Å². The smallest absolute Gasteiger partial charge is 0 e. The minimum absolute atomic E-state index is 0. The van der Waals surface area contributed by atoms with E-state index in [9.17, 15) is 16.8 Å². The second-order valence-electron chi connectivity index (χ2n) is 0.383. The van der Waals surface area contributed by atoms with Crippen LogP contribution in [0.3, 0.4) is 0 Å². The van der Waals surface area contributed by atoms with E-state index in [-0.39, 0.29) is 8.41 Å². The van der Waals surface area contributed by atoms with Gasteiger partial charge in [0.25, 0.3) is 0 Å². The van der Waals surface area contributed by atoms with E-state index in [0.29, 0.717) is 0 Å². The first-order chi connectivity index (χ1) is 2.00. The third-order valence-electron chi connectivity index (χ3n) is 0. The summed E-state index contributed by atoms with van der Waals surface area (Å²) in [6, 6.07) is 0. The Bertz CT molecular complexity index is 23.0. The number of halogens is 4. The van der Waals surface area contributed by atoms with Crippen LogP contribution in [0.4, 0.5) is 16.8 Å². The van der Waals surface area contributed by atoms with E-state index >= 15 is 0 Å². The van der Waals surface area contributed by atoms with Gasteiger partial charge >= 0.3 is 8.51 Å². The molecule has 0 nitrogen and oxygen atoms in total. The molecule has 0 aromatic carbocycles. The van der Waals surface area contributed by atoms with E-state index in [2.05, 4.69) is 0 Å². The van der Waals surface area contributed by atoms with Crippen LogP contribution in [-0.2, 0) is 0 Å². The average molecular weight is 118 g/mol. The summed E-state index contributed by atoms with van der Waals surface area (Å²) in [6.45, 7) is 0. The lowest BCUT2D eigenvalue weighted by Gasteiger charge is -1.62. The molecule has 0 aromatic rings. The number of hydrogen-bond donors (Lipinski definition) is 0. The molecular formula is BF4P+. The molecule has 0 saturated carbocycles. The van der Waals surface area contributed by atoms with Crippen molar-refractivity contribution in [1.29, 1.82) is 0 Å². The van der Waals surface area contributed by atoms with E-state index in [4.69, 9.17) is 0 Å². The Kier molecular flexibility index (Phi) is 3.80. The Morgan fingerprint density at radius 3 is 0.833 bits per heavy atom. The van der Waals surface area contributed by atoms with Crippen molar-refractivity contribution in [2.75, 3.05) is 0 Å². The highest BCUT2D eigenvalue weighted by Crippen LogP contribution is 2.65. The molecule has 0 aromatic heterocycles. The minimum atomic E-state index is -6.39. The van der Waals surface area contributed by atoms with Crippen LogP contribution in [0.5, 0.6) is 0 Å². The summed E-state index contributed by atoms with van der Waals surface area (Å²) in [5.74, 6) is 0. The molecule has 0 atom stereocenters. The zero-order valence-corrected chi connectivity index (χ0v) is 3.43. The lowest BCUT2D eigenvalue weighted by molar-refractivity contribution is 0.489. The van der Waals surface area contributed by atoms with Crippen molar-refractivity contribution in [3.05, 3.63) is 0 Å². The SMILES string of the molecule is F[P+](F)(F)F.[B]. The standard InChI is InChI=1S/B.F4P/c;1-5(2,3)4/q;+1. The highest BCUT2D eigenvalue weighted by molar-refractivity contribution is 7.54. The largest absolute Gasteiger partial charge is 0.755 e. The molecule has 0 aliphatic heterocycles. The molecule has 0 spiro atoms. The molecule has 0 unspecified atom stereocenters. The summed E-state index contributed by atoms with van der Waals surface area (Å²) in [6.07, 6.45) is 0. The first-order valence-corrected chi connectivity index (χ1v) is 2.03. The Morgan fingerprint density at radius 2 is 0.833 bits per heavy atom. The Labute approximate surface area is 34.9 Å². The second kappa shape index (κ2) is 2.40. The highest BCUT2D eigenvalue weighted by Gasteiger charge is 2.44. The molecular weight excluding hydrogens is 118 g/mol. The van der Waals surface area contributed by atoms with Crippen molar-refractivity contribution >= 4 is 16.9 Å². The first kappa shape index (κ1) is 9.51. The lowest BCUT2D eigenvalue weighted by atomic mass is 10.8. The molecule has 0 rings (SSSR count). The van der Waals surface area contributed by atoms with Gasteiger partial charge in [-0.15, -0.1) is 0 Å². The molecule has 0 amide bonds. The van der Waals surface area contributed by atoms with Crippen LogP contribution in [0.15, 0.2) is 0 Å². The van der Waals surface area contributed by atoms with Crippen molar-refractivity contribution in [3.63, 3.8) is 0 Å². The van der Waals surface area contributed by atoms with Crippen LogP contribution in [0, 0.1) is 0 Å². The normalized spacial score (nSPS) is 10.0. The molecule has 0 N–H and O–H groups in total. The fourth-order valence-corrected chi connectivity index (χ4v) is 0. The first-order valence-electron chi connectivity index (χ1n) is 0.676. The number of hydrogen-bond acceptors (Lipinski definition) is 0. The summed E-state index contributed by atoms with van der Waals surface area (Å²) in [4.78, 5) is 0. The monoisotopic (exact) mass is 118 g/mol. The molecule has 3 radical (unpaired) electrons. The van der Waals surface area contributed by atoms with Crippen LogP contribution < -0.4 is 0 Å². The van der Waals surface area contributed by atoms with Gasteiger partial charge < -0.3 is 0 Å². The second-order valence-corrected chi connectivity index (χ2v) is 1.15. The van der Waals surface area contributed by atoms with Crippen molar-refractivity contribution in [3.8, 4) is 0 Å². The van der Waals surface area contributed by atoms with Crippen molar-refractivity contribution in [1.82, 2.24) is 0 Å². The van der Waals surface area contributed by atoms with Crippen molar-refractivity contribution < 1.29 is 16.8 Å². The van der Waals surface area contributed by atoms with E-state index < -0.39 is 8.51 Å². The Balaban J connectivity index is 0. The average Bonchev–Trinajstić information content (AvgIpc) is 0.722. The van der Waals surface area contributed by atoms with Gasteiger partial charge in [-0.2, -0.15) is 0 Å². The minimum Gasteiger partial charge on any atom is 0 e. The molecule has 6 heavy (non-hydrogen) atoms. The summed E-state index contributed by atoms with van der Waals surface area (Å²) in [5.41, 5.74) is 0. The highest BCUT2D eigenvalue weighted by atomic mass is 31.3. The third-order valence-corrected chi connectivity index (χ3v) is 0. The van der Waals surface area contributed by atoms with Gasteiger partial charge in [-0.25, -0.2) is 0 Å². The zero-order chi connectivity index (χ0) is 4.50. The molecule has 6 heteroatoms. The molecule has 0 saturated heterocycles. The van der Waals surface area contributed by atoms with Crippen LogP contribution in [0.1, 0.15) is 0 Å². The van der Waals surface area contributed by atoms with E-state index in [1.54, 1.807) is 0 Å². The van der Waals surface area contributed by atoms with E-state index in [1.165, 1.54) is 0 Å². The van der Waals surface area contributed by atoms with Gasteiger partial charge in [0, 0.05) is 8.41 Å². The zero-order valence-electron chi connectivity index (χ0n) is 2.54. The maximum absolute atomic E-state index is 9.80. The molecule has 0 aliphatic carbocycles. The summed E-state index contributed by atoms with van der Waals surface area (Å²) in [7, 11) is -6.39. The molecule has 0 bridgehead atoms. The summed E-state index contributed by atoms with van der Waals surface area (Å²) in [5, 5.41) is 0. The van der Waals surface area contributed by atoms with E-state index in [0.717, 1.165) is 0 Å². The quantitative estimate of drug-likeness (QED) is 0.259. The Morgan fingerprint density at radius 1 is 0.833 bits per heavy atom. The topological polar surface area (TPSA) is 0 Å². The molecule has 0 fully saturated rings. The maximum atomic E-state index is 9.80. The predicted molar refractivity (Wildman–Crippen MR) is 17.1 cm³/mol. The van der Waals surface area contributed by atoms with Crippen LogP contribution in [-0.4, -0.2) is 8.41 Å². The molecule has 0 heterocycles. The number of rotatable bonds is 0. The summed E-state index contributed by atoms with van der Waals surface area (Å²) >= 11 is 0. The van der Waals surface area contributed by atoms with Gasteiger partial charge in [0.15, 0.2) is 0 Å². The predicted octanol–water partition coefficient (Wildman–Crippen LogP) is 2.16. The van der Waals surface area contributed by atoms with Crippen molar-refractivity contribution in [2.45, 2.75) is 0 Å². The third kappa shape index (κ3) is 943. The molecule has 0 aliphatic rings. The lowest BCUT2D eigenvalue weighted by Crippen LogP contribution is -1.37. The fraction of sp³-hybridized carbons (Fsp3) is 0. The molecule has 35 valence electrons.